The third-order valence-electron chi connectivity index (χ3n) is 5.38. The van der Waals surface area contributed by atoms with Crippen LogP contribution >= 0.6 is 0 Å². The normalized spacial score (nSPS) is 14.6. The number of nitrogens with zero attached hydrogens (tertiary/aromatic N) is 5. The van der Waals surface area contributed by atoms with E-state index in [0.29, 0.717) is 31.1 Å². The summed E-state index contributed by atoms with van der Waals surface area (Å²) in [6.45, 7) is 9.39. The van der Waals surface area contributed by atoms with Crippen LogP contribution in [-0.2, 0) is 6.54 Å². The van der Waals surface area contributed by atoms with Crippen LogP contribution in [0.5, 0.6) is 0 Å². The molecule has 1 aliphatic rings. The van der Waals surface area contributed by atoms with Crippen molar-refractivity contribution in [2.75, 3.05) is 37.6 Å². The Balaban J connectivity index is 1.66. The van der Waals surface area contributed by atoms with Gasteiger partial charge in [-0.15, -0.1) is 0 Å². The quantitative estimate of drug-likeness (QED) is 0.725. The molecule has 152 valence electrons. The number of nitriles is 1. The number of anilines is 1. The average Bonchev–Trinajstić information content (AvgIpc) is 2.77. The molecule has 1 saturated heterocycles. The Kier molecular flexibility index (Phi) is 7.20. The van der Waals surface area contributed by atoms with Crippen molar-refractivity contribution in [3.63, 3.8) is 0 Å². The van der Waals surface area contributed by atoms with Gasteiger partial charge in [0.25, 0.3) is 5.91 Å². The van der Waals surface area contributed by atoms with Gasteiger partial charge in [0.15, 0.2) is 0 Å². The standard InChI is InChI=1S/C23H29N5O/c1-19(2)26-14-16-27(17-15-26)22-9-7-20(8-10-22)23(29)28(13-5-11-24)18-21-6-3-4-12-25-21/h3-4,6-10,12,19H,5,13-18H2,1-2H3. The second-order valence-corrected chi connectivity index (χ2v) is 7.62. The van der Waals surface area contributed by atoms with Crippen molar-refractivity contribution >= 4 is 11.6 Å². The predicted molar refractivity (Wildman–Crippen MR) is 115 cm³/mol. The lowest BCUT2D eigenvalue weighted by Gasteiger charge is -2.38. The van der Waals surface area contributed by atoms with Crippen LogP contribution in [0.25, 0.3) is 0 Å². The molecule has 0 aliphatic carbocycles. The van der Waals surface area contributed by atoms with Gasteiger partial charge in [-0.25, -0.2) is 0 Å². The van der Waals surface area contributed by atoms with E-state index in [1.807, 2.05) is 42.5 Å². The Morgan fingerprint density at radius 2 is 1.86 bits per heavy atom. The number of hydrogen-bond acceptors (Lipinski definition) is 5. The molecule has 0 spiro atoms. The topological polar surface area (TPSA) is 63.5 Å². The molecule has 2 heterocycles. The number of pyridine rings is 1. The van der Waals surface area contributed by atoms with E-state index < -0.39 is 0 Å². The molecule has 0 unspecified atom stereocenters. The first-order valence-corrected chi connectivity index (χ1v) is 10.2. The molecule has 0 N–H and O–H groups in total. The molecule has 1 amide bonds. The molecule has 1 aliphatic heterocycles. The molecule has 0 atom stereocenters. The van der Waals surface area contributed by atoms with E-state index >= 15 is 0 Å². The van der Waals surface area contributed by atoms with Gasteiger partial charge in [-0.1, -0.05) is 6.07 Å². The van der Waals surface area contributed by atoms with Crippen LogP contribution in [-0.4, -0.2) is 59.5 Å². The average molecular weight is 392 g/mol. The zero-order valence-corrected chi connectivity index (χ0v) is 17.3. The highest BCUT2D eigenvalue weighted by Gasteiger charge is 2.20. The molecular weight excluding hydrogens is 362 g/mol. The first kappa shape index (κ1) is 20.8. The van der Waals surface area contributed by atoms with Gasteiger partial charge in [0.2, 0.25) is 0 Å². The van der Waals surface area contributed by atoms with E-state index in [1.165, 1.54) is 0 Å². The zero-order valence-electron chi connectivity index (χ0n) is 17.3. The number of aromatic nitrogens is 1. The molecule has 0 radical (unpaired) electrons. The highest BCUT2D eigenvalue weighted by molar-refractivity contribution is 5.94. The van der Waals surface area contributed by atoms with Crippen LogP contribution in [0.4, 0.5) is 5.69 Å². The lowest BCUT2D eigenvalue weighted by molar-refractivity contribution is 0.0745. The summed E-state index contributed by atoms with van der Waals surface area (Å²) in [6.07, 6.45) is 2.02. The van der Waals surface area contributed by atoms with Crippen molar-refractivity contribution in [2.24, 2.45) is 0 Å². The lowest BCUT2D eigenvalue weighted by atomic mass is 10.1. The molecule has 2 aromatic rings. The Hall–Kier alpha value is -2.91. The number of carbonyl (C=O) groups is 1. The van der Waals surface area contributed by atoms with Gasteiger partial charge >= 0.3 is 0 Å². The molecule has 0 bridgehead atoms. The van der Waals surface area contributed by atoms with E-state index in [0.717, 1.165) is 37.6 Å². The van der Waals surface area contributed by atoms with Crippen LogP contribution in [0.3, 0.4) is 0 Å². The number of benzene rings is 1. The number of rotatable bonds is 7. The molecule has 29 heavy (non-hydrogen) atoms. The number of amides is 1. The Morgan fingerprint density at radius 1 is 1.14 bits per heavy atom. The number of carbonyl (C=O) groups excluding carboxylic acids is 1. The third kappa shape index (κ3) is 5.55. The van der Waals surface area contributed by atoms with Crippen molar-refractivity contribution in [1.29, 1.82) is 5.26 Å². The van der Waals surface area contributed by atoms with E-state index in [4.69, 9.17) is 5.26 Å². The fourth-order valence-electron chi connectivity index (χ4n) is 3.62. The second-order valence-electron chi connectivity index (χ2n) is 7.62. The molecule has 1 aromatic heterocycles. The van der Waals surface area contributed by atoms with Crippen molar-refractivity contribution in [1.82, 2.24) is 14.8 Å². The maximum atomic E-state index is 13.0. The van der Waals surface area contributed by atoms with E-state index in [9.17, 15) is 4.79 Å². The zero-order chi connectivity index (χ0) is 20.6. The van der Waals surface area contributed by atoms with Crippen molar-refractivity contribution < 1.29 is 4.79 Å². The Bertz CT molecular complexity index is 821. The van der Waals surface area contributed by atoms with Gasteiger partial charge in [-0.05, 0) is 50.2 Å². The van der Waals surface area contributed by atoms with Gasteiger partial charge in [0.05, 0.1) is 24.7 Å². The minimum atomic E-state index is -0.0675. The van der Waals surface area contributed by atoms with E-state index in [1.54, 1.807) is 11.1 Å². The molecular formula is C23H29N5O. The Morgan fingerprint density at radius 3 is 2.45 bits per heavy atom. The summed E-state index contributed by atoms with van der Waals surface area (Å²) in [5.41, 5.74) is 2.61. The summed E-state index contributed by atoms with van der Waals surface area (Å²) in [5.74, 6) is -0.0675. The minimum Gasteiger partial charge on any atom is -0.369 e. The van der Waals surface area contributed by atoms with Crippen molar-refractivity contribution in [3.8, 4) is 6.07 Å². The predicted octanol–water partition coefficient (Wildman–Crippen LogP) is 3.17. The van der Waals surface area contributed by atoms with Gasteiger partial charge in [0.1, 0.15) is 0 Å². The summed E-state index contributed by atoms with van der Waals surface area (Å²) in [6, 6.07) is 16.2. The minimum absolute atomic E-state index is 0.0675. The van der Waals surface area contributed by atoms with Crippen LogP contribution in [0.15, 0.2) is 48.7 Å². The molecule has 1 fully saturated rings. The van der Waals surface area contributed by atoms with Crippen molar-refractivity contribution in [3.05, 3.63) is 59.9 Å². The second kappa shape index (κ2) is 10.0. The van der Waals surface area contributed by atoms with Gasteiger partial charge in [0, 0.05) is 56.2 Å². The highest BCUT2D eigenvalue weighted by Crippen LogP contribution is 2.19. The van der Waals surface area contributed by atoms with E-state index in [-0.39, 0.29) is 5.91 Å². The number of hydrogen-bond donors (Lipinski definition) is 0. The summed E-state index contributed by atoms with van der Waals surface area (Å²) in [7, 11) is 0. The summed E-state index contributed by atoms with van der Waals surface area (Å²) < 4.78 is 0. The third-order valence-corrected chi connectivity index (χ3v) is 5.38. The lowest BCUT2D eigenvalue weighted by Crippen LogP contribution is -2.48. The fourth-order valence-corrected chi connectivity index (χ4v) is 3.62. The maximum Gasteiger partial charge on any atom is 0.254 e. The van der Waals surface area contributed by atoms with Crippen LogP contribution in [0, 0.1) is 11.3 Å². The van der Waals surface area contributed by atoms with Crippen LogP contribution < -0.4 is 4.90 Å². The summed E-state index contributed by atoms with van der Waals surface area (Å²) >= 11 is 0. The first-order chi connectivity index (χ1) is 14.1. The largest absolute Gasteiger partial charge is 0.369 e. The molecule has 6 nitrogen and oxygen atoms in total. The summed E-state index contributed by atoms with van der Waals surface area (Å²) in [4.78, 5) is 23.9. The SMILES string of the molecule is CC(C)N1CCN(c2ccc(C(=O)N(CCC#N)Cc3ccccn3)cc2)CC1. The van der Waals surface area contributed by atoms with Gasteiger partial charge in [-0.3, -0.25) is 14.7 Å². The molecule has 0 saturated carbocycles. The first-order valence-electron chi connectivity index (χ1n) is 10.2. The Labute approximate surface area is 173 Å². The number of piperazine rings is 1. The molecule has 3 rings (SSSR count). The summed E-state index contributed by atoms with van der Waals surface area (Å²) in [5, 5.41) is 8.95. The monoisotopic (exact) mass is 391 g/mol. The highest BCUT2D eigenvalue weighted by atomic mass is 16.2. The van der Waals surface area contributed by atoms with E-state index in [2.05, 4.69) is 34.7 Å². The molecule has 1 aromatic carbocycles. The fraction of sp³-hybridized carbons (Fsp3) is 0.435. The smallest absolute Gasteiger partial charge is 0.254 e. The molecule has 6 heteroatoms. The van der Waals surface area contributed by atoms with Crippen molar-refractivity contribution in [2.45, 2.75) is 32.9 Å². The maximum absolute atomic E-state index is 13.0. The van der Waals surface area contributed by atoms with Crippen LogP contribution in [0.1, 0.15) is 36.3 Å². The van der Waals surface area contributed by atoms with Gasteiger partial charge < -0.3 is 9.80 Å². The van der Waals surface area contributed by atoms with Crippen LogP contribution in [0.2, 0.25) is 0 Å². The van der Waals surface area contributed by atoms with Gasteiger partial charge in [-0.2, -0.15) is 5.26 Å².